The smallest absolute Gasteiger partial charge is 0.225 e. The summed E-state index contributed by atoms with van der Waals surface area (Å²) in [4.78, 5) is 29.6. The predicted molar refractivity (Wildman–Crippen MR) is 92.6 cm³/mol. The van der Waals surface area contributed by atoms with Crippen LogP contribution in [0.3, 0.4) is 0 Å². The molecule has 2 aromatic rings. The van der Waals surface area contributed by atoms with E-state index >= 15 is 0 Å². The Morgan fingerprint density at radius 1 is 1.28 bits per heavy atom. The largest absolute Gasteiger partial charge is 0.473 e. The van der Waals surface area contributed by atoms with Gasteiger partial charge in [-0.3, -0.25) is 9.59 Å². The number of benzene rings is 1. The summed E-state index contributed by atoms with van der Waals surface area (Å²) < 4.78 is 5.79. The minimum Gasteiger partial charge on any atom is -0.473 e. The van der Waals surface area contributed by atoms with Gasteiger partial charge in [-0.05, 0) is 11.6 Å². The van der Waals surface area contributed by atoms with Gasteiger partial charge in [0.25, 0.3) is 0 Å². The maximum Gasteiger partial charge on any atom is 0.225 e. The van der Waals surface area contributed by atoms with E-state index in [2.05, 4.69) is 10.3 Å². The fraction of sp³-hybridized carbons (Fsp3) is 0.316. The van der Waals surface area contributed by atoms with Crippen LogP contribution in [0.5, 0.6) is 5.88 Å². The lowest BCUT2D eigenvalue weighted by atomic mass is 10.1. The van der Waals surface area contributed by atoms with Gasteiger partial charge in [0.1, 0.15) is 6.61 Å². The molecular formula is C19H21N3O3. The Labute approximate surface area is 146 Å². The normalized spacial score (nSPS) is 16.8. The van der Waals surface area contributed by atoms with E-state index < -0.39 is 0 Å². The Hall–Kier alpha value is -2.89. The molecule has 0 saturated carbocycles. The Morgan fingerprint density at radius 2 is 2.08 bits per heavy atom. The number of aromatic nitrogens is 1. The number of hydrogen-bond acceptors (Lipinski definition) is 4. The highest BCUT2D eigenvalue weighted by atomic mass is 16.5. The van der Waals surface area contributed by atoms with Crippen molar-refractivity contribution in [2.45, 2.75) is 19.6 Å². The lowest BCUT2D eigenvalue weighted by Crippen LogP contribution is -2.31. The molecule has 2 amide bonds. The summed E-state index contributed by atoms with van der Waals surface area (Å²) in [5, 5.41) is 2.88. The Morgan fingerprint density at radius 3 is 2.80 bits per heavy atom. The first-order valence-corrected chi connectivity index (χ1v) is 8.26. The Bertz CT molecular complexity index is 749. The molecule has 0 radical (unpaired) electrons. The van der Waals surface area contributed by atoms with Crippen LogP contribution < -0.4 is 10.1 Å². The molecule has 1 aliphatic heterocycles. The SMILES string of the molecule is CN1C[C@@H](C(=O)NCc2cccnc2OCc2ccccc2)CC1=O. The molecule has 0 bridgehead atoms. The van der Waals surface area contributed by atoms with Crippen molar-refractivity contribution in [3.63, 3.8) is 0 Å². The van der Waals surface area contributed by atoms with Gasteiger partial charge in [0, 0.05) is 38.3 Å². The van der Waals surface area contributed by atoms with Gasteiger partial charge in [0.05, 0.1) is 5.92 Å². The van der Waals surface area contributed by atoms with Crippen molar-refractivity contribution in [1.82, 2.24) is 15.2 Å². The lowest BCUT2D eigenvalue weighted by molar-refractivity contribution is -0.128. The monoisotopic (exact) mass is 339 g/mol. The number of pyridine rings is 1. The van der Waals surface area contributed by atoms with Crippen molar-refractivity contribution in [2.24, 2.45) is 5.92 Å². The van der Waals surface area contributed by atoms with Crippen LogP contribution in [0.15, 0.2) is 48.7 Å². The third kappa shape index (κ3) is 4.35. The van der Waals surface area contributed by atoms with Crippen LogP contribution in [0.25, 0.3) is 0 Å². The van der Waals surface area contributed by atoms with Gasteiger partial charge in [0.15, 0.2) is 0 Å². The van der Waals surface area contributed by atoms with Gasteiger partial charge >= 0.3 is 0 Å². The fourth-order valence-corrected chi connectivity index (χ4v) is 2.78. The average Bonchev–Trinajstić information content (AvgIpc) is 2.98. The van der Waals surface area contributed by atoms with Crippen LogP contribution in [-0.2, 0) is 22.7 Å². The molecule has 25 heavy (non-hydrogen) atoms. The highest BCUT2D eigenvalue weighted by Crippen LogP contribution is 2.18. The molecule has 1 aliphatic rings. The van der Waals surface area contributed by atoms with Crippen LogP contribution in [0, 0.1) is 5.92 Å². The number of ether oxygens (including phenoxy) is 1. The number of likely N-dealkylation sites (tertiary alicyclic amines) is 1. The topological polar surface area (TPSA) is 71.5 Å². The lowest BCUT2D eigenvalue weighted by Gasteiger charge is -2.13. The molecule has 1 aromatic heterocycles. The second kappa shape index (κ2) is 7.79. The first kappa shape index (κ1) is 17.0. The molecule has 6 heteroatoms. The highest BCUT2D eigenvalue weighted by molar-refractivity contribution is 5.89. The van der Waals surface area contributed by atoms with E-state index in [1.807, 2.05) is 42.5 Å². The third-order valence-corrected chi connectivity index (χ3v) is 4.23. The van der Waals surface area contributed by atoms with Crippen LogP contribution >= 0.6 is 0 Å². The van der Waals surface area contributed by atoms with Gasteiger partial charge in [-0.1, -0.05) is 36.4 Å². The van der Waals surface area contributed by atoms with Gasteiger partial charge in [-0.2, -0.15) is 0 Å². The summed E-state index contributed by atoms with van der Waals surface area (Å²) in [6.45, 7) is 1.21. The molecule has 1 N–H and O–H groups in total. The summed E-state index contributed by atoms with van der Waals surface area (Å²) in [6.07, 6.45) is 1.93. The number of carbonyl (C=O) groups is 2. The second-order valence-corrected chi connectivity index (χ2v) is 6.14. The van der Waals surface area contributed by atoms with E-state index in [9.17, 15) is 9.59 Å². The maximum atomic E-state index is 12.2. The molecule has 2 heterocycles. The number of hydrogen-bond donors (Lipinski definition) is 1. The number of nitrogens with one attached hydrogen (secondary N) is 1. The van der Waals surface area contributed by atoms with Gasteiger partial charge in [0.2, 0.25) is 17.7 Å². The quantitative estimate of drug-likeness (QED) is 0.870. The molecule has 130 valence electrons. The summed E-state index contributed by atoms with van der Waals surface area (Å²) in [5.41, 5.74) is 1.86. The van der Waals surface area contributed by atoms with Gasteiger partial charge in [-0.25, -0.2) is 4.98 Å². The van der Waals surface area contributed by atoms with E-state index in [1.165, 1.54) is 0 Å². The van der Waals surface area contributed by atoms with E-state index in [-0.39, 0.29) is 24.2 Å². The number of rotatable bonds is 6. The minimum absolute atomic E-state index is 0.00779. The first-order valence-electron chi connectivity index (χ1n) is 8.26. The van der Waals surface area contributed by atoms with Gasteiger partial charge < -0.3 is 15.0 Å². The van der Waals surface area contributed by atoms with E-state index in [4.69, 9.17) is 4.74 Å². The average molecular weight is 339 g/mol. The van der Waals surface area contributed by atoms with Gasteiger partial charge in [-0.15, -0.1) is 0 Å². The highest BCUT2D eigenvalue weighted by Gasteiger charge is 2.31. The molecular weight excluding hydrogens is 318 g/mol. The summed E-state index contributed by atoms with van der Waals surface area (Å²) >= 11 is 0. The summed E-state index contributed by atoms with van der Waals surface area (Å²) in [6, 6.07) is 13.5. The minimum atomic E-state index is -0.289. The molecule has 0 spiro atoms. The third-order valence-electron chi connectivity index (χ3n) is 4.23. The van der Waals surface area contributed by atoms with Crippen molar-refractivity contribution < 1.29 is 14.3 Å². The molecule has 0 unspecified atom stereocenters. The molecule has 1 aromatic carbocycles. The standard InChI is InChI=1S/C19H21N3O3/c1-22-12-16(10-17(22)23)18(24)21-11-15-8-5-9-20-19(15)25-13-14-6-3-2-4-7-14/h2-9,16H,10-13H2,1H3,(H,21,24)/t16-/m0/s1. The van der Waals surface area contributed by atoms with Crippen LogP contribution in [0.1, 0.15) is 17.5 Å². The predicted octanol–water partition coefficient (Wildman–Crippen LogP) is 1.76. The van der Waals surface area contributed by atoms with E-state index in [0.29, 0.717) is 25.6 Å². The molecule has 3 rings (SSSR count). The zero-order valence-electron chi connectivity index (χ0n) is 14.1. The van der Waals surface area contributed by atoms with Crippen molar-refractivity contribution >= 4 is 11.8 Å². The molecule has 1 fully saturated rings. The number of nitrogens with zero attached hydrogens (tertiary/aromatic N) is 2. The molecule has 0 aliphatic carbocycles. The zero-order chi connectivity index (χ0) is 17.6. The molecule has 1 saturated heterocycles. The first-order chi connectivity index (χ1) is 12.1. The fourth-order valence-electron chi connectivity index (χ4n) is 2.78. The Balaban J connectivity index is 1.57. The van der Waals surface area contributed by atoms with Crippen LogP contribution in [-0.4, -0.2) is 35.3 Å². The molecule has 6 nitrogen and oxygen atoms in total. The number of amides is 2. The van der Waals surface area contributed by atoms with Crippen molar-refractivity contribution in [3.8, 4) is 5.88 Å². The van der Waals surface area contributed by atoms with Crippen molar-refractivity contribution in [3.05, 3.63) is 59.8 Å². The van der Waals surface area contributed by atoms with Crippen LogP contribution in [0.4, 0.5) is 0 Å². The van der Waals surface area contributed by atoms with Crippen molar-refractivity contribution in [2.75, 3.05) is 13.6 Å². The van der Waals surface area contributed by atoms with E-state index in [1.54, 1.807) is 18.1 Å². The maximum absolute atomic E-state index is 12.2. The van der Waals surface area contributed by atoms with Crippen LogP contribution in [0.2, 0.25) is 0 Å². The van der Waals surface area contributed by atoms with E-state index in [0.717, 1.165) is 11.1 Å². The zero-order valence-corrected chi connectivity index (χ0v) is 14.1. The Kier molecular flexibility index (Phi) is 5.28. The summed E-state index contributed by atoms with van der Waals surface area (Å²) in [5.74, 6) is 0.109. The van der Waals surface area contributed by atoms with Crippen molar-refractivity contribution in [1.29, 1.82) is 0 Å². The molecule has 1 atom stereocenters. The second-order valence-electron chi connectivity index (χ2n) is 6.14. The summed E-state index contributed by atoms with van der Waals surface area (Å²) in [7, 11) is 1.71. The number of carbonyl (C=O) groups excluding carboxylic acids is 2.